The zero-order valence-electron chi connectivity index (χ0n) is 8.97. The van der Waals surface area contributed by atoms with Crippen molar-refractivity contribution in [2.24, 2.45) is 0 Å². The minimum Gasteiger partial charge on any atom is -0.481 e. The molecule has 0 saturated carbocycles. The van der Waals surface area contributed by atoms with Crippen molar-refractivity contribution in [1.29, 1.82) is 0 Å². The molecular weight excluding hydrogens is 302 g/mol. The van der Waals surface area contributed by atoms with Crippen molar-refractivity contribution in [2.75, 3.05) is 11.9 Å². The van der Waals surface area contributed by atoms with Crippen molar-refractivity contribution >= 4 is 52.5 Å². The number of carbonyl (C=O) groups is 2. The minimum absolute atomic E-state index is 0.00396. The molecule has 0 saturated heterocycles. The zero-order valence-corrected chi connectivity index (χ0v) is 11.2. The number of hydrogen-bond acceptors (Lipinski definition) is 2. The molecule has 0 atom stereocenters. The Labute approximate surface area is 118 Å². The minimum atomic E-state index is -1.00. The molecule has 18 heavy (non-hydrogen) atoms. The number of nitrogens with one attached hydrogen (secondary N) is 2. The number of hydrogen-bond donors (Lipinski definition) is 3. The van der Waals surface area contributed by atoms with Crippen LogP contribution in [0.15, 0.2) is 12.1 Å². The van der Waals surface area contributed by atoms with Crippen LogP contribution in [-0.2, 0) is 4.79 Å². The molecule has 0 aliphatic heterocycles. The summed E-state index contributed by atoms with van der Waals surface area (Å²) in [4.78, 5) is 21.7. The van der Waals surface area contributed by atoms with Gasteiger partial charge in [-0.25, -0.2) is 4.79 Å². The van der Waals surface area contributed by atoms with Gasteiger partial charge in [0.1, 0.15) is 0 Å². The first kappa shape index (κ1) is 14.9. The molecule has 1 aromatic carbocycles. The van der Waals surface area contributed by atoms with Gasteiger partial charge in [0.2, 0.25) is 0 Å². The topological polar surface area (TPSA) is 78.4 Å². The van der Waals surface area contributed by atoms with Crippen LogP contribution in [0.5, 0.6) is 0 Å². The fourth-order valence-electron chi connectivity index (χ4n) is 1.10. The van der Waals surface area contributed by atoms with Crippen LogP contribution in [0.25, 0.3) is 0 Å². The van der Waals surface area contributed by atoms with Gasteiger partial charge in [0, 0.05) is 11.6 Å². The molecule has 98 valence electrons. The summed E-state index contributed by atoms with van der Waals surface area (Å²) >= 11 is 17.4. The highest BCUT2D eigenvalue weighted by molar-refractivity contribution is 6.42. The summed E-state index contributed by atoms with van der Waals surface area (Å²) in [6.45, 7) is 0.00396. The van der Waals surface area contributed by atoms with E-state index in [1.807, 2.05) is 0 Å². The molecule has 0 aromatic heterocycles. The molecule has 3 N–H and O–H groups in total. The van der Waals surface area contributed by atoms with Crippen LogP contribution >= 0.6 is 34.8 Å². The monoisotopic (exact) mass is 310 g/mol. The highest BCUT2D eigenvalue weighted by Crippen LogP contribution is 2.33. The van der Waals surface area contributed by atoms with Gasteiger partial charge in [-0.1, -0.05) is 34.8 Å². The van der Waals surface area contributed by atoms with Crippen LogP contribution in [0.3, 0.4) is 0 Å². The van der Waals surface area contributed by atoms with Crippen molar-refractivity contribution < 1.29 is 14.7 Å². The Balaban J connectivity index is 2.62. The fourth-order valence-corrected chi connectivity index (χ4v) is 2.01. The number of aliphatic carboxylic acids is 1. The van der Waals surface area contributed by atoms with Gasteiger partial charge in [0.05, 0.1) is 22.2 Å². The lowest BCUT2D eigenvalue weighted by Gasteiger charge is -2.10. The third-order valence-electron chi connectivity index (χ3n) is 1.87. The van der Waals surface area contributed by atoms with Crippen molar-refractivity contribution in [3.63, 3.8) is 0 Å². The van der Waals surface area contributed by atoms with E-state index in [-0.39, 0.29) is 28.7 Å². The van der Waals surface area contributed by atoms with E-state index in [1.54, 1.807) is 0 Å². The summed E-state index contributed by atoms with van der Waals surface area (Å²) in [5, 5.41) is 13.9. The van der Waals surface area contributed by atoms with Gasteiger partial charge in [-0.15, -0.1) is 0 Å². The molecule has 0 aliphatic carbocycles. The summed E-state index contributed by atoms with van der Waals surface area (Å²) in [6.07, 6.45) is -0.171. The van der Waals surface area contributed by atoms with Crippen molar-refractivity contribution in [3.05, 3.63) is 27.2 Å². The quantitative estimate of drug-likeness (QED) is 0.798. The lowest BCUT2D eigenvalue weighted by Crippen LogP contribution is -2.30. The van der Waals surface area contributed by atoms with Gasteiger partial charge in [0.15, 0.2) is 0 Å². The Kier molecular flexibility index (Phi) is 5.53. The van der Waals surface area contributed by atoms with Crippen molar-refractivity contribution in [3.8, 4) is 0 Å². The van der Waals surface area contributed by atoms with E-state index < -0.39 is 12.0 Å². The number of anilines is 1. The van der Waals surface area contributed by atoms with Crippen LogP contribution in [0, 0.1) is 0 Å². The van der Waals surface area contributed by atoms with Gasteiger partial charge in [0.25, 0.3) is 0 Å². The third kappa shape index (κ3) is 4.60. The molecule has 1 aromatic rings. The second-order valence-corrected chi connectivity index (χ2v) is 4.52. The maximum atomic E-state index is 11.4. The SMILES string of the molecule is O=C(O)CCNC(=O)Nc1c(Cl)cc(Cl)cc1Cl. The Morgan fingerprint density at radius 2 is 1.72 bits per heavy atom. The number of halogens is 3. The lowest BCUT2D eigenvalue weighted by atomic mass is 10.3. The van der Waals surface area contributed by atoms with Crippen molar-refractivity contribution in [2.45, 2.75) is 6.42 Å². The molecule has 0 radical (unpaired) electrons. The number of benzene rings is 1. The molecule has 5 nitrogen and oxygen atoms in total. The molecule has 0 bridgehead atoms. The van der Waals surface area contributed by atoms with E-state index in [9.17, 15) is 9.59 Å². The molecule has 0 aliphatic rings. The predicted molar refractivity (Wildman–Crippen MR) is 70.7 cm³/mol. The second-order valence-electron chi connectivity index (χ2n) is 3.27. The first-order valence-electron chi connectivity index (χ1n) is 4.81. The normalized spacial score (nSPS) is 9.94. The first-order valence-corrected chi connectivity index (χ1v) is 5.94. The van der Waals surface area contributed by atoms with E-state index in [0.717, 1.165) is 0 Å². The number of carboxylic acids is 1. The first-order chi connectivity index (χ1) is 8.40. The van der Waals surface area contributed by atoms with E-state index in [0.29, 0.717) is 5.02 Å². The summed E-state index contributed by atoms with van der Waals surface area (Å²) in [6, 6.07) is 2.27. The van der Waals surface area contributed by atoms with Gasteiger partial charge in [-0.3, -0.25) is 4.79 Å². The van der Waals surface area contributed by atoms with E-state index in [4.69, 9.17) is 39.9 Å². The van der Waals surface area contributed by atoms with Crippen LogP contribution < -0.4 is 10.6 Å². The number of carboxylic acid groups (broad SMARTS) is 1. The summed E-state index contributed by atoms with van der Waals surface area (Å²) in [5.41, 5.74) is 0.218. The molecule has 0 heterocycles. The lowest BCUT2D eigenvalue weighted by molar-refractivity contribution is -0.136. The summed E-state index contributed by atoms with van der Waals surface area (Å²) in [5.74, 6) is -1.00. The van der Waals surface area contributed by atoms with Crippen LogP contribution in [0.4, 0.5) is 10.5 Å². The Bertz CT molecular complexity index is 456. The van der Waals surface area contributed by atoms with Crippen LogP contribution in [0.1, 0.15) is 6.42 Å². The molecule has 0 unspecified atom stereocenters. The average molecular weight is 312 g/mol. The molecule has 1 rings (SSSR count). The number of carbonyl (C=O) groups excluding carboxylic acids is 1. The van der Waals surface area contributed by atoms with E-state index in [2.05, 4.69) is 10.6 Å². The van der Waals surface area contributed by atoms with Crippen LogP contribution in [0.2, 0.25) is 15.1 Å². The predicted octanol–water partition coefficient (Wildman–Crippen LogP) is 3.24. The standard InChI is InChI=1S/C10H9Cl3N2O3/c11-5-3-6(12)9(7(13)4-5)15-10(18)14-2-1-8(16)17/h3-4H,1-2H2,(H,16,17)(H2,14,15,18). The van der Waals surface area contributed by atoms with Crippen LogP contribution in [-0.4, -0.2) is 23.7 Å². The number of amides is 2. The fraction of sp³-hybridized carbons (Fsp3) is 0.200. The number of urea groups is 1. The highest BCUT2D eigenvalue weighted by Gasteiger charge is 2.11. The molecule has 8 heteroatoms. The summed E-state index contributed by atoms with van der Waals surface area (Å²) < 4.78 is 0. The van der Waals surface area contributed by atoms with Gasteiger partial charge >= 0.3 is 12.0 Å². The average Bonchev–Trinajstić information content (AvgIpc) is 2.22. The largest absolute Gasteiger partial charge is 0.481 e. The van der Waals surface area contributed by atoms with Gasteiger partial charge < -0.3 is 15.7 Å². The maximum Gasteiger partial charge on any atom is 0.319 e. The Hall–Kier alpha value is -1.17. The van der Waals surface area contributed by atoms with E-state index >= 15 is 0 Å². The third-order valence-corrected chi connectivity index (χ3v) is 2.68. The second kappa shape index (κ2) is 6.68. The molecule has 2 amide bonds. The van der Waals surface area contributed by atoms with Gasteiger partial charge in [-0.2, -0.15) is 0 Å². The van der Waals surface area contributed by atoms with Crippen molar-refractivity contribution in [1.82, 2.24) is 5.32 Å². The maximum absolute atomic E-state index is 11.4. The summed E-state index contributed by atoms with van der Waals surface area (Å²) in [7, 11) is 0. The Morgan fingerprint density at radius 1 is 1.17 bits per heavy atom. The Morgan fingerprint density at radius 3 is 2.22 bits per heavy atom. The highest BCUT2D eigenvalue weighted by atomic mass is 35.5. The zero-order chi connectivity index (χ0) is 13.7. The smallest absolute Gasteiger partial charge is 0.319 e. The molecular formula is C10H9Cl3N2O3. The van der Waals surface area contributed by atoms with E-state index in [1.165, 1.54) is 12.1 Å². The molecule has 0 fully saturated rings. The van der Waals surface area contributed by atoms with Gasteiger partial charge in [-0.05, 0) is 12.1 Å². The molecule has 0 spiro atoms. The number of rotatable bonds is 4.